The molecule has 1 aliphatic rings. The van der Waals surface area contributed by atoms with Crippen molar-refractivity contribution in [3.63, 3.8) is 0 Å². The van der Waals surface area contributed by atoms with Crippen LogP contribution in [0.2, 0.25) is 0 Å². The second-order valence-electron chi connectivity index (χ2n) is 3.23. The van der Waals surface area contributed by atoms with Crippen LogP contribution < -0.4 is 5.32 Å². The van der Waals surface area contributed by atoms with Crippen LogP contribution in [-0.4, -0.2) is 17.6 Å². The van der Waals surface area contributed by atoms with Crippen molar-refractivity contribution >= 4 is 17.7 Å². The van der Waals surface area contributed by atoms with E-state index < -0.39 is 0 Å². The fourth-order valence-corrected chi connectivity index (χ4v) is 1.54. The molecular formula is C11H11NO2. The summed E-state index contributed by atoms with van der Waals surface area (Å²) >= 11 is 0. The minimum absolute atomic E-state index is 0.0360. The Balaban J connectivity index is 2.28. The molecule has 0 aromatic heterocycles. The smallest absolute Gasteiger partial charge is 0.228 e. The van der Waals surface area contributed by atoms with E-state index >= 15 is 0 Å². The van der Waals surface area contributed by atoms with E-state index in [-0.39, 0.29) is 12.5 Å². The van der Waals surface area contributed by atoms with E-state index in [1.54, 1.807) is 6.08 Å². The molecule has 0 spiro atoms. The summed E-state index contributed by atoms with van der Waals surface area (Å²) in [6, 6.07) is 5.76. The molecule has 3 heteroatoms. The van der Waals surface area contributed by atoms with Gasteiger partial charge in [0.25, 0.3) is 0 Å². The first kappa shape index (κ1) is 8.97. The number of fused-ring (bicyclic) bond motifs is 1. The number of nitrogens with one attached hydrogen (secondary N) is 1. The summed E-state index contributed by atoms with van der Waals surface area (Å²) in [4.78, 5) is 11.1. The van der Waals surface area contributed by atoms with E-state index in [0.717, 1.165) is 16.8 Å². The SMILES string of the molecule is O=C1Cc2cc(C=CCO)ccc2N1. The van der Waals surface area contributed by atoms with Gasteiger partial charge in [0, 0.05) is 5.69 Å². The van der Waals surface area contributed by atoms with Crippen LogP contribution in [0.3, 0.4) is 0 Å². The number of aliphatic hydroxyl groups excluding tert-OH is 1. The summed E-state index contributed by atoms with van der Waals surface area (Å²) < 4.78 is 0. The highest BCUT2D eigenvalue weighted by Crippen LogP contribution is 2.24. The van der Waals surface area contributed by atoms with Gasteiger partial charge >= 0.3 is 0 Å². The Kier molecular flexibility index (Phi) is 2.33. The van der Waals surface area contributed by atoms with Crippen LogP contribution in [0, 0.1) is 0 Å². The third kappa shape index (κ3) is 1.67. The number of anilines is 1. The standard InChI is InChI=1S/C11H11NO2/c13-5-1-2-8-3-4-10-9(6-8)7-11(14)12-10/h1-4,6,13H,5,7H2,(H,12,14). The van der Waals surface area contributed by atoms with Gasteiger partial charge < -0.3 is 10.4 Å². The number of aliphatic hydroxyl groups is 1. The number of hydrogen-bond donors (Lipinski definition) is 2. The fourth-order valence-electron chi connectivity index (χ4n) is 1.54. The van der Waals surface area contributed by atoms with Crippen LogP contribution in [0.15, 0.2) is 24.3 Å². The average molecular weight is 189 g/mol. The van der Waals surface area contributed by atoms with Crippen molar-refractivity contribution in [2.24, 2.45) is 0 Å². The van der Waals surface area contributed by atoms with Gasteiger partial charge in [0.05, 0.1) is 13.0 Å². The van der Waals surface area contributed by atoms with Crippen LogP contribution in [-0.2, 0) is 11.2 Å². The van der Waals surface area contributed by atoms with E-state index in [0.29, 0.717) is 6.42 Å². The van der Waals surface area contributed by atoms with Crippen molar-refractivity contribution in [2.45, 2.75) is 6.42 Å². The molecule has 3 nitrogen and oxygen atoms in total. The lowest BCUT2D eigenvalue weighted by molar-refractivity contribution is -0.115. The Morgan fingerprint density at radius 3 is 3.14 bits per heavy atom. The lowest BCUT2D eigenvalue weighted by Crippen LogP contribution is -2.03. The predicted octanol–water partition coefficient (Wildman–Crippen LogP) is 1.19. The van der Waals surface area contributed by atoms with Crippen molar-refractivity contribution in [2.75, 3.05) is 11.9 Å². The normalized spacial score (nSPS) is 14.5. The van der Waals surface area contributed by atoms with Gasteiger partial charge in [-0.15, -0.1) is 0 Å². The first-order valence-corrected chi connectivity index (χ1v) is 4.50. The van der Waals surface area contributed by atoms with E-state index in [9.17, 15) is 4.79 Å². The number of amides is 1. The molecule has 0 bridgehead atoms. The number of hydrogen-bond acceptors (Lipinski definition) is 2. The number of carbonyl (C=O) groups is 1. The molecule has 1 amide bonds. The molecule has 1 aromatic carbocycles. The van der Waals surface area contributed by atoms with Gasteiger partial charge in [0.2, 0.25) is 5.91 Å². The van der Waals surface area contributed by atoms with Crippen molar-refractivity contribution < 1.29 is 9.90 Å². The molecule has 0 atom stereocenters. The maximum atomic E-state index is 11.1. The Bertz CT molecular complexity index is 396. The third-order valence-corrected chi connectivity index (χ3v) is 2.17. The maximum Gasteiger partial charge on any atom is 0.228 e. The summed E-state index contributed by atoms with van der Waals surface area (Å²) in [6.45, 7) is 0.0360. The summed E-state index contributed by atoms with van der Waals surface area (Å²) in [5.74, 6) is 0.0447. The van der Waals surface area contributed by atoms with E-state index in [4.69, 9.17) is 5.11 Å². The molecule has 0 unspecified atom stereocenters. The van der Waals surface area contributed by atoms with Crippen molar-refractivity contribution in [1.82, 2.24) is 0 Å². The molecule has 0 saturated carbocycles. The first-order valence-electron chi connectivity index (χ1n) is 4.50. The average Bonchev–Trinajstić information content (AvgIpc) is 2.54. The van der Waals surface area contributed by atoms with E-state index in [1.807, 2.05) is 24.3 Å². The molecule has 1 heterocycles. The van der Waals surface area contributed by atoms with Gasteiger partial charge in [0.1, 0.15) is 0 Å². The fraction of sp³-hybridized carbons (Fsp3) is 0.182. The van der Waals surface area contributed by atoms with Gasteiger partial charge in [-0.3, -0.25) is 4.79 Å². The zero-order valence-electron chi connectivity index (χ0n) is 7.66. The molecule has 2 N–H and O–H groups in total. The van der Waals surface area contributed by atoms with Crippen LogP contribution in [0.5, 0.6) is 0 Å². The maximum absolute atomic E-state index is 11.1. The molecule has 0 saturated heterocycles. The Labute approximate surface area is 82.1 Å². The van der Waals surface area contributed by atoms with Gasteiger partial charge in [0.15, 0.2) is 0 Å². The second kappa shape index (κ2) is 3.64. The second-order valence-corrected chi connectivity index (χ2v) is 3.23. The van der Waals surface area contributed by atoms with Crippen LogP contribution in [0.4, 0.5) is 5.69 Å². The molecular weight excluding hydrogens is 178 g/mol. The third-order valence-electron chi connectivity index (χ3n) is 2.17. The zero-order valence-corrected chi connectivity index (χ0v) is 7.66. The summed E-state index contributed by atoms with van der Waals surface area (Å²) in [6.07, 6.45) is 3.96. The Hall–Kier alpha value is -1.61. The molecule has 14 heavy (non-hydrogen) atoms. The summed E-state index contributed by atoms with van der Waals surface area (Å²) in [7, 11) is 0. The Morgan fingerprint density at radius 2 is 2.36 bits per heavy atom. The van der Waals surface area contributed by atoms with Crippen LogP contribution in [0.25, 0.3) is 6.08 Å². The number of carbonyl (C=O) groups excluding carboxylic acids is 1. The lowest BCUT2D eigenvalue weighted by Gasteiger charge is -1.99. The van der Waals surface area contributed by atoms with Crippen molar-refractivity contribution in [3.8, 4) is 0 Å². The minimum Gasteiger partial charge on any atom is -0.392 e. The highest BCUT2D eigenvalue weighted by Gasteiger charge is 2.16. The van der Waals surface area contributed by atoms with Crippen LogP contribution >= 0.6 is 0 Å². The number of rotatable bonds is 2. The molecule has 2 rings (SSSR count). The molecule has 0 fully saturated rings. The number of benzene rings is 1. The van der Waals surface area contributed by atoms with Gasteiger partial charge in [-0.05, 0) is 23.3 Å². The highest BCUT2D eigenvalue weighted by molar-refractivity contribution is 5.99. The summed E-state index contributed by atoms with van der Waals surface area (Å²) in [5, 5.41) is 11.4. The zero-order chi connectivity index (χ0) is 9.97. The topological polar surface area (TPSA) is 49.3 Å². The van der Waals surface area contributed by atoms with Crippen LogP contribution in [0.1, 0.15) is 11.1 Å². The van der Waals surface area contributed by atoms with Crippen molar-refractivity contribution in [3.05, 3.63) is 35.4 Å². The van der Waals surface area contributed by atoms with E-state index in [1.165, 1.54) is 0 Å². The molecule has 0 aliphatic carbocycles. The van der Waals surface area contributed by atoms with Gasteiger partial charge in [-0.25, -0.2) is 0 Å². The monoisotopic (exact) mass is 189 g/mol. The molecule has 72 valence electrons. The largest absolute Gasteiger partial charge is 0.392 e. The van der Waals surface area contributed by atoms with Crippen molar-refractivity contribution in [1.29, 1.82) is 0 Å². The minimum atomic E-state index is 0.0360. The summed E-state index contributed by atoms with van der Waals surface area (Å²) in [5.41, 5.74) is 2.93. The first-order chi connectivity index (χ1) is 6.79. The van der Waals surface area contributed by atoms with Gasteiger partial charge in [-0.1, -0.05) is 18.2 Å². The predicted molar refractivity (Wildman–Crippen MR) is 54.9 cm³/mol. The highest BCUT2D eigenvalue weighted by atomic mass is 16.2. The van der Waals surface area contributed by atoms with Gasteiger partial charge in [-0.2, -0.15) is 0 Å². The molecule has 0 radical (unpaired) electrons. The molecule has 1 aromatic rings. The quantitative estimate of drug-likeness (QED) is 0.734. The Morgan fingerprint density at radius 1 is 1.50 bits per heavy atom. The lowest BCUT2D eigenvalue weighted by atomic mass is 10.1. The van der Waals surface area contributed by atoms with E-state index in [2.05, 4.69) is 5.32 Å². The molecule has 1 aliphatic heterocycles.